The van der Waals surface area contributed by atoms with Crippen LogP contribution in [0.1, 0.15) is 22.5 Å². The van der Waals surface area contributed by atoms with Crippen molar-refractivity contribution in [3.8, 4) is 5.75 Å². The number of hydrogen-bond donors (Lipinski definition) is 1. The zero-order chi connectivity index (χ0) is 25.2. The molecule has 0 aliphatic carbocycles. The van der Waals surface area contributed by atoms with Gasteiger partial charge in [-0.15, -0.1) is 0 Å². The van der Waals surface area contributed by atoms with Crippen LogP contribution in [-0.4, -0.2) is 31.6 Å². The van der Waals surface area contributed by atoms with Crippen molar-refractivity contribution < 1.29 is 13.9 Å². The lowest BCUT2D eigenvalue weighted by Crippen LogP contribution is -2.27. The molecule has 0 saturated carbocycles. The summed E-state index contributed by atoms with van der Waals surface area (Å²) in [7, 11) is 1.60. The summed E-state index contributed by atoms with van der Waals surface area (Å²) in [5.41, 5.74) is 2.31. The normalized spacial score (nSPS) is 14.7. The molecule has 0 unspecified atom stereocenters. The Balaban J connectivity index is 1.50. The fourth-order valence-corrected chi connectivity index (χ4v) is 5.03. The summed E-state index contributed by atoms with van der Waals surface area (Å²) in [6.07, 6.45) is 4.88. The van der Waals surface area contributed by atoms with Crippen LogP contribution >= 0.6 is 24.0 Å². The predicted molar refractivity (Wildman–Crippen MR) is 144 cm³/mol. The van der Waals surface area contributed by atoms with Gasteiger partial charge in [0.2, 0.25) is 0 Å². The second kappa shape index (κ2) is 10.00. The van der Waals surface area contributed by atoms with Gasteiger partial charge in [-0.2, -0.15) is 0 Å². The summed E-state index contributed by atoms with van der Waals surface area (Å²) < 4.78 is 12.5. The van der Waals surface area contributed by atoms with Crippen LogP contribution in [0.3, 0.4) is 0 Å². The van der Waals surface area contributed by atoms with Crippen molar-refractivity contribution in [1.82, 2.24) is 14.3 Å². The zero-order valence-electron chi connectivity index (χ0n) is 19.6. The minimum absolute atomic E-state index is 0.258. The van der Waals surface area contributed by atoms with Gasteiger partial charge in [0.05, 0.1) is 36.9 Å². The maximum Gasteiger partial charge on any atom is 0.267 e. The number of furan rings is 1. The van der Waals surface area contributed by atoms with Crippen molar-refractivity contribution in [3.05, 3.63) is 98.7 Å². The number of aryl methyl sites for hydroxylation is 1. The van der Waals surface area contributed by atoms with Gasteiger partial charge in [0.1, 0.15) is 27.3 Å². The van der Waals surface area contributed by atoms with Gasteiger partial charge in [0, 0.05) is 6.20 Å². The summed E-state index contributed by atoms with van der Waals surface area (Å²) >= 11 is 6.67. The second-order valence-electron chi connectivity index (χ2n) is 8.16. The number of amides is 1. The first-order valence-electron chi connectivity index (χ1n) is 11.1. The standard InChI is InChI=1S/C26H22N4O4S2/c1-16-5-10-22-28-23(27-13-19-4-3-11-34-19)20(24(31)29(22)14-16)12-21-25(32)30(26(35)36-21)15-17-6-8-18(33-2)9-7-17/h3-12,14,27H,13,15H2,1-2H3. The average Bonchev–Trinajstić information content (AvgIpc) is 3.49. The van der Waals surface area contributed by atoms with E-state index in [2.05, 4.69) is 10.3 Å². The van der Waals surface area contributed by atoms with Crippen LogP contribution in [0.25, 0.3) is 11.7 Å². The molecule has 1 amide bonds. The number of aromatic nitrogens is 2. The minimum atomic E-state index is -0.286. The fourth-order valence-electron chi connectivity index (χ4n) is 3.79. The van der Waals surface area contributed by atoms with Crippen molar-refractivity contribution in [2.75, 3.05) is 12.4 Å². The molecule has 1 aromatic carbocycles. The van der Waals surface area contributed by atoms with Crippen molar-refractivity contribution >= 4 is 51.7 Å². The molecule has 1 saturated heterocycles. The highest BCUT2D eigenvalue weighted by Crippen LogP contribution is 2.34. The molecular weight excluding hydrogens is 496 g/mol. The third-order valence-corrected chi connectivity index (χ3v) is 7.04. The fraction of sp³-hybridized carbons (Fsp3) is 0.154. The van der Waals surface area contributed by atoms with E-state index in [1.54, 1.807) is 37.8 Å². The Morgan fingerprint density at radius 3 is 2.69 bits per heavy atom. The summed E-state index contributed by atoms with van der Waals surface area (Å²) in [6.45, 7) is 2.56. The highest BCUT2D eigenvalue weighted by Gasteiger charge is 2.32. The van der Waals surface area contributed by atoms with E-state index in [-0.39, 0.29) is 17.0 Å². The number of thioether (sulfide) groups is 1. The molecule has 4 heterocycles. The molecule has 10 heteroatoms. The largest absolute Gasteiger partial charge is 0.497 e. The molecule has 3 aromatic heterocycles. The van der Waals surface area contributed by atoms with E-state index in [4.69, 9.17) is 21.4 Å². The van der Waals surface area contributed by atoms with Crippen LogP contribution < -0.4 is 15.6 Å². The van der Waals surface area contributed by atoms with E-state index in [9.17, 15) is 9.59 Å². The Labute approximate surface area is 216 Å². The maximum atomic E-state index is 13.5. The average molecular weight is 519 g/mol. The summed E-state index contributed by atoms with van der Waals surface area (Å²) in [6, 6.07) is 14.7. The number of hydrogen-bond acceptors (Lipinski definition) is 8. The Kier molecular flexibility index (Phi) is 6.62. The number of thiocarbonyl (C=S) groups is 1. The number of nitrogens with zero attached hydrogens (tertiary/aromatic N) is 3. The number of pyridine rings is 1. The predicted octanol–water partition coefficient (Wildman–Crippen LogP) is 4.62. The molecule has 0 spiro atoms. The molecule has 1 aliphatic heterocycles. The van der Waals surface area contributed by atoms with Crippen molar-refractivity contribution in [2.45, 2.75) is 20.0 Å². The number of methoxy groups -OCH3 is 1. The minimum Gasteiger partial charge on any atom is -0.497 e. The van der Waals surface area contributed by atoms with Gasteiger partial charge in [-0.05, 0) is 54.5 Å². The summed E-state index contributed by atoms with van der Waals surface area (Å²) in [5, 5.41) is 3.18. The third kappa shape index (κ3) is 4.77. The van der Waals surface area contributed by atoms with Gasteiger partial charge in [0.25, 0.3) is 11.5 Å². The quantitative estimate of drug-likeness (QED) is 0.280. The smallest absolute Gasteiger partial charge is 0.267 e. The molecule has 1 N–H and O–H groups in total. The Morgan fingerprint density at radius 1 is 1.17 bits per heavy atom. The van der Waals surface area contributed by atoms with E-state index in [0.717, 1.165) is 16.9 Å². The molecular formula is C26H22N4O4S2. The number of rotatable bonds is 7. The highest BCUT2D eigenvalue weighted by atomic mass is 32.2. The number of benzene rings is 1. The first kappa shape index (κ1) is 23.8. The summed E-state index contributed by atoms with van der Waals surface area (Å²) in [4.78, 5) is 33.3. The summed E-state index contributed by atoms with van der Waals surface area (Å²) in [5.74, 6) is 1.53. The molecule has 182 valence electrons. The van der Waals surface area contributed by atoms with Crippen LogP contribution in [0.4, 0.5) is 5.82 Å². The first-order chi connectivity index (χ1) is 17.4. The molecule has 4 aromatic rings. The van der Waals surface area contributed by atoms with Gasteiger partial charge in [-0.1, -0.05) is 42.2 Å². The molecule has 0 atom stereocenters. The number of ether oxygens (including phenoxy) is 1. The number of carbonyl (C=O) groups is 1. The van der Waals surface area contributed by atoms with E-state index in [1.807, 2.05) is 43.3 Å². The van der Waals surface area contributed by atoms with Gasteiger partial charge in [-0.3, -0.25) is 18.9 Å². The van der Waals surface area contributed by atoms with Gasteiger partial charge < -0.3 is 14.5 Å². The van der Waals surface area contributed by atoms with Gasteiger partial charge in [0.15, 0.2) is 0 Å². The lowest BCUT2D eigenvalue weighted by atomic mass is 10.2. The van der Waals surface area contributed by atoms with E-state index >= 15 is 0 Å². The molecule has 0 radical (unpaired) electrons. The lowest BCUT2D eigenvalue weighted by Gasteiger charge is -2.14. The van der Waals surface area contributed by atoms with Crippen LogP contribution in [0.2, 0.25) is 0 Å². The number of anilines is 1. The Morgan fingerprint density at radius 2 is 1.97 bits per heavy atom. The number of nitrogens with one attached hydrogen (secondary N) is 1. The SMILES string of the molecule is COc1ccc(CN2C(=O)C(=Cc3c(NCc4ccco4)nc4ccc(C)cn4c3=O)SC2=S)cc1. The van der Waals surface area contributed by atoms with E-state index in [0.29, 0.717) is 39.5 Å². The zero-order valence-corrected chi connectivity index (χ0v) is 21.2. The van der Waals surface area contributed by atoms with Gasteiger partial charge >= 0.3 is 0 Å². The van der Waals surface area contributed by atoms with Crippen molar-refractivity contribution in [3.63, 3.8) is 0 Å². The van der Waals surface area contributed by atoms with Crippen molar-refractivity contribution in [2.24, 2.45) is 0 Å². The first-order valence-corrected chi connectivity index (χ1v) is 12.3. The third-order valence-electron chi connectivity index (χ3n) is 5.66. The number of carbonyl (C=O) groups excluding carboxylic acids is 1. The van der Waals surface area contributed by atoms with E-state index in [1.165, 1.54) is 21.1 Å². The highest BCUT2D eigenvalue weighted by molar-refractivity contribution is 8.26. The lowest BCUT2D eigenvalue weighted by molar-refractivity contribution is -0.122. The van der Waals surface area contributed by atoms with Crippen LogP contribution in [0, 0.1) is 6.92 Å². The molecule has 0 bridgehead atoms. The van der Waals surface area contributed by atoms with Crippen LogP contribution in [0.5, 0.6) is 5.75 Å². The Bertz CT molecular complexity index is 1540. The molecule has 36 heavy (non-hydrogen) atoms. The Hall–Kier alpha value is -3.89. The monoisotopic (exact) mass is 518 g/mol. The van der Waals surface area contributed by atoms with E-state index < -0.39 is 0 Å². The maximum absolute atomic E-state index is 13.5. The topological polar surface area (TPSA) is 89.1 Å². The molecule has 8 nitrogen and oxygen atoms in total. The second-order valence-corrected chi connectivity index (χ2v) is 9.84. The molecule has 5 rings (SSSR count). The van der Waals surface area contributed by atoms with Crippen LogP contribution in [-0.2, 0) is 17.9 Å². The molecule has 1 fully saturated rings. The van der Waals surface area contributed by atoms with Gasteiger partial charge in [-0.25, -0.2) is 4.98 Å². The van der Waals surface area contributed by atoms with Crippen LogP contribution in [0.15, 0.2) is 75.1 Å². The number of fused-ring (bicyclic) bond motifs is 1. The molecule has 1 aliphatic rings. The van der Waals surface area contributed by atoms with Crippen molar-refractivity contribution in [1.29, 1.82) is 0 Å².